The highest BCUT2D eigenvalue weighted by atomic mass is 32.2. The van der Waals surface area contributed by atoms with Crippen LogP contribution in [0.15, 0.2) is 58.4 Å². The Kier molecular flexibility index (Phi) is 4.69. The van der Waals surface area contributed by atoms with E-state index in [-0.39, 0.29) is 0 Å². The van der Waals surface area contributed by atoms with Crippen molar-refractivity contribution in [2.24, 2.45) is 10.7 Å². The third-order valence-electron chi connectivity index (χ3n) is 2.98. The molecule has 0 aliphatic carbocycles. The van der Waals surface area contributed by atoms with E-state index in [1.807, 2.05) is 24.5 Å². The minimum Gasteiger partial charge on any atom is -0.383 e. The van der Waals surface area contributed by atoms with Gasteiger partial charge >= 0.3 is 0 Å². The van der Waals surface area contributed by atoms with E-state index in [4.69, 9.17) is 5.73 Å². The van der Waals surface area contributed by atoms with E-state index >= 15 is 0 Å². The molecule has 2 aromatic rings. The van der Waals surface area contributed by atoms with Crippen LogP contribution in [0.2, 0.25) is 0 Å². The first-order chi connectivity index (χ1) is 9.65. The molecule has 2 N–H and O–H groups in total. The van der Waals surface area contributed by atoms with Crippen LogP contribution in [-0.2, 0) is 6.54 Å². The fourth-order valence-electron chi connectivity index (χ4n) is 1.93. The van der Waals surface area contributed by atoms with Crippen LogP contribution in [0, 0.1) is 0 Å². The first-order valence-corrected chi connectivity index (χ1v) is 7.43. The molecule has 2 rings (SSSR count). The number of aryl methyl sites for hydroxylation is 1. The molecule has 0 fully saturated rings. The summed E-state index contributed by atoms with van der Waals surface area (Å²) in [6.45, 7) is 8.95. The van der Waals surface area contributed by atoms with E-state index < -0.39 is 0 Å². The molecule has 0 saturated heterocycles. The van der Waals surface area contributed by atoms with Crippen LogP contribution >= 0.6 is 11.8 Å². The molecule has 1 aromatic heterocycles. The van der Waals surface area contributed by atoms with E-state index in [1.165, 1.54) is 22.7 Å². The lowest BCUT2D eigenvalue weighted by Crippen LogP contribution is -2.11. The lowest BCUT2D eigenvalue weighted by atomic mass is 10.2. The van der Waals surface area contributed by atoms with Crippen LogP contribution in [0.1, 0.15) is 13.8 Å². The predicted molar refractivity (Wildman–Crippen MR) is 90.4 cm³/mol. The molecule has 0 aliphatic rings. The Morgan fingerprint density at radius 1 is 1.45 bits per heavy atom. The topological polar surface area (TPSA) is 43.3 Å². The second kappa shape index (κ2) is 6.48. The van der Waals surface area contributed by atoms with Crippen LogP contribution in [0.5, 0.6) is 0 Å². The quantitative estimate of drug-likeness (QED) is 0.652. The number of thioether (sulfide) groups is 1. The molecule has 20 heavy (non-hydrogen) atoms. The third kappa shape index (κ3) is 3.14. The molecule has 0 saturated carbocycles. The van der Waals surface area contributed by atoms with Gasteiger partial charge in [0.2, 0.25) is 0 Å². The Morgan fingerprint density at radius 3 is 2.95 bits per heavy atom. The summed E-state index contributed by atoms with van der Waals surface area (Å²) in [4.78, 5) is 5.20. The number of rotatable bonds is 5. The summed E-state index contributed by atoms with van der Waals surface area (Å²) in [5.74, 6) is 0.460. The number of amidine groups is 1. The van der Waals surface area contributed by atoms with Crippen LogP contribution < -0.4 is 5.73 Å². The number of aliphatic imine (C=N–C) groups is 1. The van der Waals surface area contributed by atoms with Gasteiger partial charge in [-0.2, -0.15) is 0 Å². The Labute approximate surface area is 123 Å². The molecule has 1 heterocycles. The fourth-order valence-corrected chi connectivity index (χ4v) is 2.40. The zero-order valence-electron chi connectivity index (χ0n) is 11.8. The summed E-state index contributed by atoms with van der Waals surface area (Å²) in [5.41, 5.74) is 8.00. The zero-order valence-corrected chi connectivity index (χ0v) is 12.7. The lowest BCUT2D eigenvalue weighted by molar-refractivity contribution is 0.798. The van der Waals surface area contributed by atoms with Crippen molar-refractivity contribution in [2.45, 2.75) is 20.4 Å². The molecule has 104 valence electrons. The maximum Gasteiger partial charge on any atom is 0.137 e. The Morgan fingerprint density at radius 2 is 2.25 bits per heavy atom. The van der Waals surface area contributed by atoms with Crippen molar-refractivity contribution in [3.63, 3.8) is 0 Å². The fraction of sp³-hybridized carbons (Fsp3) is 0.188. The monoisotopic (exact) mass is 285 g/mol. The Hall–Kier alpha value is -1.94. The first kappa shape index (κ1) is 14.5. The number of aromatic nitrogens is 1. The summed E-state index contributed by atoms with van der Waals surface area (Å²) >= 11 is 1.48. The molecule has 4 heteroatoms. The standard InChI is InChI=1S/C16H19N3S/c1-4-10-20-12(3)16(17)18-14-7-6-13-8-9-19(5-2)15(13)11-14/h4,6-11H,3,5H2,1-2H3,(H2,17,18)/b10-4-. The van der Waals surface area contributed by atoms with E-state index in [0.29, 0.717) is 5.84 Å². The van der Waals surface area contributed by atoms with Crippen molar-refractivity contribution in [3.8, 4) is 0 Å². The second-order valence-electron chi connectivity index (χ2n) is 4.35. The Bertz CT molecular complexity index is 680. The number of nitrogens with zero attached hydrogens (tertiary/aromatic N) is 2. The van der Waals surface area contributed by atoms with Crippen molar-refractivity contribution in [3.05, 3.63) is 53.4 Å². The van der Waals surface area contributed by atoms with E-state index in [1.54, 1.807) is 0 Å². The summed E-state index contributed by atoms with van der Waals surface area (Å²) in [7, 11) is 0. The molecule has 0 unspecified atom stereocenters. The van der Waals surface area contributed by atoms with Crippen molar-refractivity contribution in [2.75, 3.05) is 0 Å². The molecule has 3 nitrogen and oxygen atoms in total. The molecule has 0 radical (unpaired) electrons. The van der Waals surface area contributed by atoms with Gasteiger partial charge in [0.05, 0.1) is 11.2 Å². The second-order valence-corrected chi connectivity index (χ2v) is 5.35. The SMILES string of the molecule is C=C(S/C=C\C)C(N)=Nc1ccc2ccn(CC)c2c1. The smallest absolute Gasteiger partial charge is 0.137 e. The highest BCUT2D eigenvalue weighted by Gasteiger charge is 2.03. The van der Waals surface area contributed by atoms with Gasteiger partial charge in [0, 0.05) is 17.6 Å². The summed E-state index contributed by atoms with van der Waals surface area (Å²) < 4.78 is 2.19. The molecule has 1 aromatic carbocycles. The van der Waals surface area contributed by atoms with Crippen molar-refractivity contribution < 1.29 is 0 Å². The van der Waals surface area contributed by atoms with Gasteiger partial charge in [-0.05, 0) is 42.8 Å². The molecule has 0 atom stereocenters. The Balaban J connectivity index is 2.30. The van der Waals surface area contributed by atoms with Gasteiger partial charge in [0.25, 0.3) is 0 Å². The van der Waals surface area contributed by atoms with Gasteiger partial charge in [-0.25, -0.2) is 4.99 Å². The first-order valence-electron chi connectivity index (χ1n) is 6.56. The number of hydrogen-bond acceptors (Lipinski definition) is 2. The normalized spacial score (nSPS) is 12.4. The number of fused-ring (bicyclic) bond motifs is 1. The van der Waals surface area contributed by atoms with Gasteiger partial charge in [0.15, 0.2) is 0 Å². The number of allylic oxidation sites excluding steroid dienone is 1. The van der Waals surface area contributed by atoms with Crippen molar-refractivity contribution in [1.82, 2.24) is 4.57 Å². The van der Waals surface area contributed by atoms with Crippen LogP contribution in [-0.4, -0.2) is 10.4 Å². The molecule has 0 bridgehead atoms. The summed E-state index contributed by atoms with van der Waals surface area (Å²) in [5, 5.41) is 3.15. The van der Waals surface area contributed by atoms with E-state index in [2.05, 4.69) is 47.5 Å². The van der Waals surface area contributed by atoms with Gasteiger partial charge < -0.3 is 10.3 Å². The highest BCUT2D eigenvalue weighted by molar-refractivity contribution is 8.06. The van der Waals surface area contributed by atoms with Gasteiger partial charge in [-0.3, -0.25) is 0 Å². The van der Waals surface area contributed by atoms with Crippen LogP contribution in [0.4, 0.5) is 5.69 Å². The van der Waals surface area contributed by atoms with Crippen molar-refractivity contribution in [1.29, 1.82) is 0 Å². The summed E-state index contributed by atoms with van der Waals surface area (Å²) in [6, 6.07) is 8.20. The number of nitrogens with two attached hydrogens (primary N) is 1. The van der Waals surface area contributed by atoms with E-state index in [0.717, 1.165) is 17.1 Å². The minimum atomic E-state index is 0.460. The molecule has 0 aliphatic heterocycles. The zero-order chi connectivity index (χ0) is 14.5. The maximum atomic E-state index is 5.97. The highest BCUT2D eigenvalue weighted by Crippen LogP contribution is 2.24. The van der Waals surface area contributed by atoms with E-state index in [9.17, 15) is 0 Å². The van der Waals surface area contributed by atoms with Crippen LogP contribution in [0.3, 0.4) is 0 Å². The maximum absolute atomic E-state index is 5.97. The van der Waals surface area contributed by atoms with Crippen LogP contribution in [0.25, 0.3) is 10.9 Å². The largest absolute Gasteiger partial charge is 0.383 e. The van der Waals surface area contributed by atoms with Crippen molar-refractivity contribution >= 4 is 34.2 Å². The average molecular weight is 285 g/mol. The van der Waals surface area contributed by atoms with Gasteiger partial charge in [-0.1, -0.05) is 30.5 Å². The van der Waals surface area contributed by atoms with Gasteiger partial charge in [0.1, 0.15) is 5.84 Å². The minimum absolute atomic E-state index is 0.460. The number of hydrogen-bond donors (Lipinski definition) is 1. The summed E-state index contributed by atoms with van der Waals surface area (Å²) in [6.07, 6.45) is 4.03. The van der Waals surface area contributed by atoms with Gasteiger partial charge in [-0.15, -0.1) is 0 Å². The lowest BCUT2D eigenvalue weighted by Gasteiger charge is -2.04. The third-order valence-corrected chi connectivity index (χ3v) is 3.88. The number of benzene rings is 1. The molecule has 0 spiro atoms. The molecular formula is C16H19N3S. The average Bonchev–Trinajstić information content (AvgIpc) is 2.86. The predicted octanol–water partition coefficient (Wildman–Crippen LogP) is 4.43. The molecule has 0 amide bonds. The molecular weight excluding hydrogens is 266 g/mol.